The molecule has 126 valence electrons. The van der Waals surface area contributed by atoms with Crippen LogP contribution in [0.15, 0.2) is 41.0 Å². The van der Waals surface area contributed by atoms with E-state index in [0.29, 0.717) is 18.6 Å². The van der Waals surface area contributed by atoms with Gasteiger partial charge >= 0.3 is 0 Å². The van der Waals surface area contributed by atoms with E-state index in [1.807, 2.05) is 31.2 Å². The van der Waals surface area contributed by atoms with E-state index in [-0.39, 0.29) is 17.7 Å². The van der Waals surface area contributed by atoms with Gasteiger partial charge in [-0.05, 0) is 37.3 Å². The summed E-state index contributed by atoms with van der Waals surface area (Å²) in [7, 11) is 1.58. The van der Waals surface area contributed by atoms with Crippen molar-refractivity contribution < 1.29 is 9.59 Å². The van der Waals surface area contributed by atoms with E-state index in [2.05, 4.69) is 16.4 Å². The minimum Gasteiger partial charge on any atom is -0.369 e. The van der Waals surface area contributed by atoms with Crippen molar-refractivity contribution in [1.82, 2.24) is 5.32 Å². The van der Waals surface area contributed by atoms with Crippen LogP contribution in [0.3, 0.4) is 0 Å². The van der Waals surface area contributed by atoms with Crippen molar-refractivity contribution in [2.24, 2.45) is 22.1 Å². The van der Waals surface area contributed by atoms with Crippen LogP contribution in [0.2, 0.25) is 0 Å². The second kappa shape index (κ2) is 6.23. The Morgan fingerprint density at radius 3 is 2.71 bits per heavy atom. The second-order valence-corrected chi connectivity index (χ2v) is 6.79. The fourth-order valence-electron chi connectivity index (χ4n) is 3.49. The maximum Gasteiger partial charge on any atom is 0.265 e. The SMILES string of the molecule is CNC(=O)C1=NC(Cc2cccc(C)c2)=CC(C(N)=O)(C2CC2)C1. The van der Waals surface area contributed by atoms with E-state index in [4.69, 9.17) is 5.73 Å². The predicted octanol–water partition coefficient (Wildman–Crippen LogP) is 1.89. The topological polar surface area (TPSA) is 84.6 Å². The Bertz CT molecular complexity index is 747. The first-order valence-corrected chi connectivity index (χ1v) is 8.31. The lowest BCUT2D eigenvalue weighted by atomic mass is 9.74. The molecule has 1 fully saturated rings. The van der Waals surface area contributed by atoms with Gasteiger partial charge in [0.15, 0.2) is 0 Å². The van der Waals surface area contributed by atoms with Crippen molar-refractivity contribution in [3.8, 4) is 0 Å². The molecule has 3 rings (SSSR count). The van der Waals surface area contributed by atoms with Gasteiger partial charge in [-0.25, -0.2) is 0 Å². The molecule has 5 nitrogen and oxygen atoms in total. The Hall–Kier alpha value is -2.43. The van der Waals surface area contributed by atoms with E-state index in [1.54, 1.807) is 7.05 Å². The second-order valence-electron chi connectivity index (χ2n) is 6.79. The van der Waals surface area contributed by atoms with Crippen LogP contribution in [0, 0.1) is 18.3 Å². The Morgan fingerprint density at radius 2 is 2.12 bits per heavy atom. The number of hydrogen-bond donors (Lipinski definition) is 2. The summed E-state index contributed by atoms with van der Waals surface area (Å²) in [6, 6.07) is 8.16. The van der Waals surface area contributed by atoms with Crippen LogP contribution < -0.4 is 11.1 Å². The molecule has 0 spiro atoms. The van der Waals surface area contributed by atoms with E-state index in [1.165, 1.54) is 5.56 Å². The molecule has 2 aliphatic rings. The Labute approximate surface area is 142 Å². The fourth-order valence-corrected chi connectivity index (χ4v) is 3.49. The molecule has 1 unspecified atom stereocenters. The van der Waals surface area contributed by atoms with Crippen LogP contribution >= 0.6 is 0 Å². The molecule has 3 N–H and O–H groups in total. The Kier molecular flexibility index (Phi) is 4.26. The van der Waals surface area contributed by atoms with Gasteiger partial charge in [-0.3, -0.25) is 14.6 Å². The molecule has 1 atom stereocenters. The average Bonchev–Trinajstić information content (AvgIpc) is 3.38. The summed E-state index contributed by atoms with van der Waals surface area (Å²) in [5.74, 6) is -0.378. The highest BCUT2D eigenvalue weighted by Crippen LogP contribution is 2.51. The zero-order valence-electron chi connectivity index (χ0n) is 14.1. The summed E-state index contributed by atoms with van der Waals surface area (Å²) >= 11 is 0. The van der Waals surface area contributed by atoms with Gasteiger partial charge < -0.3 is 11.1 Å². The van der Waals surface area contributed by atoms with Crippen LogP contribution in [0.25, 0.3) is 0 Å². The van der Waals surface area contributed by atoms with Gasteiger partial charge in [0.05, 0.1) is 5.41 Å². The first kappa shape index (κ1) is 16.4. The largest absolute Gasteiger partial charge is 0.369 e. The smallest absolute Gasteiger partial charge is 0.265 e. The van der Waals surface area contributed by atoms with Crippen LogP contribution in [0.1, 0.15) is 30.4 Å². The molecule has 0 saturated heterocycles. The predicted molar refractivity (Wildman–Crippen MR) is 93.4 cm³/mol. The lowest BCUT2D eigenvalue weighted by molar-refractivity contribution is -0.126. The summed E-state index contributed by atoms with van der Waals surface area (Å²) < 4.78 is 0. The zero-order chi connectivity index (χ0) is 17.3. The molecule has 1 aromatic rings. The van der Waals surface area contributed by atoms with E-state index >= 15 is 0 Å². The molecule has 24 heavy (non-hydrogen) atoms. The molecule has 1 aliphatic carbocycles. The first-order valence-electron chi connectivity index (χ1n) is 8.31. The number of amides is 2. The normalized spacial score (nSPS) is 23.2. The van der Waals surface area contributed by atoms with Crippen LogP contribution in [-0.2, 0) is 16.0 Å². The van der Waals surface area contributed by atoms with Crippen molar-refractivity contribution in [1.29, 1.82) is 0 Å². The Balaban J connectivity index is 1.99. The Morgan fingerprint density at radius 1 is 1.38 bits per heavy atom. The molecule has 1 saturated carbocycles. The standard InChI is InChI=1S/C19H23N3O2/c1-12-4-3-5-13(8-12)9-15-10-19(18(20)24,14-6-7-14)11-16(22-15)17(23)21-2/h3-5,8,10,14H,6-7,9,11H2,1-2H3,(H2,20,24)(H,21,23). The van der Waals surface area contributed by atoms with Crippen molar-refractivity contribution in [2.45, 2.75) is 32.6 Å². The monoisotopic (exact) mass is 325 g/mol. The number of hydrogen-bond acceptors (Lipinski definition) is 3. The van der Waals surface area contributed by atoms with Gasteiger partial charge in [-0.1, -0.05) is 29.8 Å². The van der Waals surface area contributed by atoms with E-state index < -0.39 is 5.41 Å². The average molecular weight is 325 g/mol. The van der Waals surface area contributed by atoms with Gasteiger partial charge in [0, 0.05) is 25.6 Å². The molecule has 1 aliphatic heterocycles. The number of aryl methyl sites for hydroxylation is 1. The molecule has 0 aromatic heterocycles. The van der Waals surface area contributed by atoms with Crippen LogP contribution in [-0.4, -0.2) is 24.6 Å². The quantitative estimate of drug-likeness (QED) is 0.866. The number of nitrogens with zero attached hydrogens (tertiary/aromatic N) is 1. The van der Waals surface area contributed by atoms with Gasteiger partial charge in [0.25, 0.3) is 5.91 Å². The van der Waals surface area contributed by atoms with E-state index in [9.17, 15) is 9.59 Å². The molecule has 5 heteroatoms. The van der Waals surface area contributed by atoms with Crippen LogP contribution in [0.5, 0.6) is 0 Å². The summed E-state index contributed by atoms with van der Waals surface area (Å²) in [4.78, 5) is 28.9. The maximum absolute atomic E-state index is 12.3. The first-order chi connectivity index (χ1) is 11.4. The summed E-state index contributed by atoms with van der Waals surface area (Å²) in [6.45, 7) is 2.04. The van der Waals surface area contributed by atoms with Gasteiger partial charge in [-0.2, -0.15) is 0 Å². The van der Waals surface area contributed by atoms with Crippen molar-refractivity contribution in [2.75, 3.05) is 7.05 Å². The molecule has 2 amide bonds. The minimum absolute atomic E-state index is 0.220. The number of primary amides is 1. The highest BCUT2D eigenvalue weighted by atomic mass is 16.2. The number of rotatable bonds is 5. The number of nitrogens with one attached hydrogen (secondary N) is 1. The van der Waals surface area contributed by atoms with Crippen molar-refractivity contribution in [3.63, 3.8) is 0 Å². The number of nitrogens with two attached hydrogens (primary N) is 1. The lowest BCUT2D eigenvalue weighted by Crippen LogP contribution is -2.44. The number of carbonyl (C=O) groups excluding carboxylic acids is 2. The van der Waals surface area contributed by atoms with Crippen LogP contribution in [0.4, 0.5) is 0 Å². The lowest BCUT2D eigenvalue weighted by Gasteiger charge is -2.31. The molecule has 0 bridgehead atoms. The third kappa shape index (κ3) is 3.11. The number of aliphatic imine (C=N–C) groups is 1. The highest BCUT2D eigenvalue weighted by molar-refractivity contribution is 6.39. The summed E-state index contributed by atoms with van der Waals surface area (Å²) in [5.41, 5.74) is 8.40. The molecule has 1 aromatic carbocycles. The minimum atomic E-state index is -0.775. The summed E-state index contributed by atoms with van der Waals surface area (Å²) in [5, 5.41) is 2.62. The maximum atomic E-state index is 12.3. The molecular formula is C19H23N3O2. The zero-order valence-corrected chi connectivity index (χ0v) is 14.1. The van der Waals surface area contributed by atoms with Gasteiger partial charge in [0.1, 0.15) is 5.71 Å². The van der Waals surface area contributed by atoms with Crippen molar-refractivity contribution >= 4 is 17.5 Å². The van der Waals surface area contributed by atoms with Crippen molar-refractivity contribution in [3.05, 3.63) is 47.2 Å². The van der Waals surface area contributed by atoms with Gasteiger partial charge in [0.2, 0.25) is 5.91 Å². The number of carbonyl (C=O) groups is 2. The van der Waals surface area contributed by atoms with Gasteiger partial charge in [-0.15, -0.1) is 0 Å². The highest BCUT2D eigenvalue weighted by Gasteiger charge is 2.51. The number of allylic oxidation sites excluding steroid dienone is 1. The van der Waals surface area contributed by atoms with E-state index in [0.717, 1.165) is 24.1 Å². The molecule has 1 heterocycles. The molecule has 0 radical (unpaired) electrons. The number of benzene rings is 1. The third-order valence-electron chi connectivity index (χ3n) is 4.88. The molecular weight excluding hydrogens is 302 g/mol. The summed E-state index contributed by atoms with van der Waals surface area (Å²) in [6.07, 6.45) is 4.74. The third-order valence-corrected chi connectivity index (χ3v) is 4.88. The fraction of sp³-hybridized carbons (Fsp3) is 0.421.